The molecule has 4 rings (SSSR count). The standard InChI is InChI=1S/C25H29NO6/c1-15(26-24(29)30-14-16-9-5-4-6-10-16)21-18(23(27)28)13-19-22(31-21)17-11-7-8-12-20(17)32-25(19,2)3/h4-12,15,18-19,21-22H,13-14H2,1-3H3,(H,26,29)(H,27,28)/t15-,18-,19+,21+,22-/m0/s1. The van der Waals surface area contributed by atoms with Crippen molar-refractivity contribution < 1.29 is 28.9 Å². The second-order valence-electron chi connectivity index (χ2n) is 9.05. The first-order chi connectivity index (χ1) is 15.3. The highest BCUT2D eigenvalue weighted by Crippen LogP contribution is 2.52. The van der Waals surface area contributed by atoms with E-state index in [1.54, 1.807) is 6.92 Å². The molecule has 7 heteroatoms. The summed E-state index contributed by atoms with van der Waals surface area (Å²) in [6, 6.07) is 16.5. The molecule has 0 spiro atoms. The van der Waals surface area contributed by atoms with Gasteiger partial charge >= 0.3 is 12.1 Å². The second kappa shape index (κ2) is 8.82. The molecule has 170 valence electrons. The molecule has 32 heavy (non-hydrogen) atoms. The van der Waals surface area contributed by atoms with Gasteiger partial charge in [0, 0.05) is 11.5 Å². The number of benzene rings is 2. The van der Waals surface area contributed by atoms with Crippen LogP contribution in [0.15, 0.2) is 54.6 Å². The predicted molar refractivity (Wildman–Crippen MR) is 117 cm³/mol. The van der Waals surface area contributed by atoms with Crippen molar-refractivity contribution in [2.24, 2.45) is 11.8 Å². The average molecular weight is 440 g/mol. The lowest BCUT2D eigenvalue weighted by Gasteiger charge is -2.51. The first-order valence-corrected chi connectivity index (χ1v) is 10.9. The summed E-state index contributed by atoms with van der Waals surface area (Å²) in [7, 11) is 0. The lowest BCUT2D eigenvalue weighted by atomic mass is 9.71. The Morgan fingerprint density at radius 1 is 1.16 bits per heavy atom. The van der Waals surface area contributed by atoms with E-state index in [1.165, 1.54) is 0 Å². The zero-order valence-electron chi connectivity index (χ0n) is 18.5. The number of carbonyl (C=O) groups excluding carboxylic acids is 1. The number of carbonyl (C=O) groups is 2. The maximum Gasteiger partial charge on any atom is 0.407 e. The number of amides is 1. The number of nitrogens with one attached hydrogen (secondary N) is 1. The number of carboxylic acids is 1. The molecule has 2 N–H and O–H groups in total. The number of hydrogen-bond donors (Lipinski definition) is 2. The summed E-state index contributed by atoms with van der Waals surface area (Å²) in [5.74, 6) is -1.12. The van der Waals surface area contributed by atoms with Gasteiger partial charge in [-0.05, 0) is 38.8 Å². The number of alkyl carbamates (subject to hydrolysis) is 1. The van der Waals surface area contributed by atoms with Crippen LogP contribution in [0.2, 0.25) is 0 Å². The van der Waals surface area contributed by atoms with Crippen LogP contribution in [0.25, 0.3) is 0 Å². The molecule has 0 aliphatic carbocycles. The van der Waals surface area contributed by atoms with E-state index in [9.17, 15) is 14.7 Å². The van der Waals surface area contributed by atoms with E-state index >= 15 is 0 Å². The van der Waals surface area contributed by atoms with Gasteiger partial charge in [-0.25, -0.2) is 4.79 Å². The third-order valence-corrected chi connectivity index (χ3v) is 6.43. The molecule has 0 saturated carbocycles. The molecule has 5 atom stereocenters. The highest BCUT2D eigenvalue weighted by Gasteiger charge is 2.53. The molecule has 2 aliphatic heterocycles. The number of para-hydroxylation sites is 1. The van der Waals surface area contributed by atoms with E-state index in [0.717, 1.165) is 16.9 Å². The minimum atomic E-state index is -0.950. The Bertz CT molecular complexity index is 975. The molecule has 1 amide bonds. The van der Waals surface area contributed by atoms with Crippen molar-refractivity contribution in [1.29, 1.82) is 0 Å². The Morgan fingerprint density at radius 3 is 2.56 bits per heavy atom. The maximum atomic E-state index is 12.4. The van der Waals surface area contributed by atoms with Crippen LogP contribution in [0.3, 0.4) is 0 Å². The minimum absolute atomic E-state index is 0.132. The van der Waals surface area contributed by atoms with Gasteiger partial charge in [-0.2, -0.15) is 0 Å². The molecule has 0 aromatic heterocycles. The van der Waals surface area contributed by atoms with Gasteiger partial charge in [-0.15, -0.1) is 0 Å². The molecule has 7 nitrogen and oxygen atoms in total. The van der Waals surface area contributed by atoms with Crippen molar-refractivity contribution in [3.63, 3.8) is 0 Å². The summed E-state index contributed by atoms with van der Waals surface area (Å²) < 4.78 is 17.9. The van der Waals surface area contributed by atoms with Crippen molar-refractivity contribution >= 4 is 12.1 Å². The summed E-state index contributed by atoms with van der Waals surface area (Å²) in [5, 5.41) is 12.7. The van der Waals surface area contributed by atoms with Gasteiger partial charge in [0.25, 0.3) is 0 Å². The zero-order valence-corrected chi connectivity index (χ0v) is 18.5. The Labute approximate surface area is 187 Å². The van der Waals surface area contributed by atoms with Crippen molar-refractivity contribution in [2.75, 3.05) is 0 Å². The van der Waals surface area contributed by atoms with E-state index in [4.69, 9.17) is 14.2 Å². The SMILES string of the molecule is C[C@H](NC(=O)OCc1ccccc1)[C@H]1O[C@H]2c3ccccc3OC(C)(C)[C@@H]2C[C@@H]1C(=O)O. The van der Waals surface area contributed by atoms with Gasteiger partial charge in [0.2, 0.25) is 0 Å². The molecular weight excluding hydrogens is 410 g/mol. The van der Waals surface area contributed by atoms with Gasteiger partial charge in [-0.3, -0.25) is 4.79 Å². The fourth-order valence-corrected chi connectivity index (χ4v) is 4.74. The first-order valence-electron chi connectivity index (χ1n) is 10.9. The van der Waals surface area contributed by atoms with Gasteiger partial charge in [0.15, 0.2) is 0 Å². The summed E-state index contributed by atoms with van der Waals surface area (Å²) in [6.45, 7) is 5.82. The highest BCUT2D eigenvalue weighted by atomic mass is 16.6. The smallest absolute Gasteiger partial charge is 0.407 e. The van der Waals surface area contributed by atoms with Gasteiger partial charge < -0.3 is 24.6 Å². The Hall–Kier alpha value is -3.06. The van der Waals surface area contributed by atoms with Crippen LogP contribution < -0.4 is 10.1 Å². The molecule has 2 aliphatic rings. The van der Waals surface area contributed by atoms with Gasteiger partial charge in [0.05, 0.1) is 24.2 Å². The Kier molecular flexibility index (Phi) is 6.11. The number of aliphatic carboxylic acids is 1. The summed E-state index contributed by atoms with van der Waals surface area (Å²) >= 11 is 0. The molecule has 2 heterocycles. The summed E-state index contributed by atoms with van der Waals surface area (Å²) in [4.78, 5) is 24.5. The summed E-state index contributed by atoms with van der Waals surface area (Å²) in [6.07, 6.45) is -1.25. The normalized spacial score (nSPS) is 26.6. The van der Waals surface area contributed by atoms with Gasteiger partial charge in [-0.1, -0.05) is 48.5 Å². The molecule has 0 unspecified atom stereocenters. The molecule has 2 aromatic rings. The van der Waals surface area contributed by atoms with Crippen molar-refractivity contribution in [2.45, 2.75) is 57.6 Å². The van der Waals surface area contributed by atoms with Crippen molar-refractivity contribution in [1.82, 2.24) is 5.32 Å². The number of carboxylic acid groups (broad SMARTS) is 1. The first kappa shape index (κ1) is 22.1. The Balaban J connectivity index is 1.50. The van der Waals surface area contributed by atoms with Crippen molar-refractivity contribution in [3.05, 3.63) is 65.7 Å². The van der Waals surface area contributed by atoms with E-state index < -0.39 is 35.7 Å². The average Bonchev–Trinajstić information content (AvgIpc) is 2.77. The maximum absolute atomic E-state index is 12.4. The number of fused-ring (bicyclic) bond motifs is 3. The third kappa shape index (κ3) is 4.43. The fraction of sp³-hybridized carbons (Fsp3) is 0.440. The minimum Gasteiger partial charge on any atom is -0.487 e. The number of ether oxygens (including phenoxy) is 3. The quantitative estimate of drug-likeness (QED) is 0.721. The number of hydrogen-bond acceptors (Lipinski definition) is 5. The lowest BCUT2D eigenvalue weighted by Crippen LogP contribution is -2.57. The van der Waals surface area contributed by atoms with Crippen molar-refractivity contribution in [3.8, 4) is 5.75 Å². The lowest BCUT2D eigenvalue weighted by molar-refractivity contribution is -0.192. The predicted octanol–water partition coefficient (Wildman–Crippen LogP) is 4.32. The monoisotopic (exact) mass is 439 g/mol. The zero-order chi connectivity index (χ0) is 22.9. The molecule has 0 radical (unpaired) electrons. The van der Waals surface area contributed by atoms with E-state index in [-0.39, 0.29) is 18.6 Å². The molecule has 0 bridgehead atoms. The van der Waals surface area contributed by atoms with E-state index in [1.807, 2.05) is 68.4 Å². The molecular formula is C25H29NO6. The van der Waals surface area contributed by atoms with Crippen LogP contribution in [0, 0.1) is 11.8 Å². The van der Waals surface area contributed by atoms with Crippen LogP contribution in [-0.2, 0) is 20.9 Å². The van der Waals surface area contributed by atoms with Crippen LogP contribution in [0.1, 0.15) is 44.4 Å². The topological polar surface area (TPSA) is 94.1 Å². The molecule has 1 saturated heterocycles. The van der Waals surface area contributed by atoms with Crippen LogP contribution in [0.5, 0.6) is 5.75 Å². The molecule has 2 aromatic carbocycles. The van der Waals surface area contributed by atoms with Crippen LogP contribution in [0.4, 0.5) is 4.79 Å². The van der Waals surface area contributed by atoms with E-state index in [2.05, 4.69) is 5.32 Å². The van der Waals surface area contributed by atoms with E-state index in [0.29, 0.717) is 6.42 Å². The molecule has 1 fully saturated rings. The largest absolute Gasteiger partial charge is 0.487 e. The van der Waals surface area contributed by atoms with Gasteiger partial charge in [0.1, 0.15) is 18.0 Å². The second-order valence-corrected chi connectivity index (χ2v) is 9.05. The Morgan fingerprint density at radius 2 is 1.84 bits per heavy atom. The highest BCUT2D eigenvalue weighted by molar-refractivity contribution is 5.72. The summed E-state index contributed by atoms with van der Waals surface area (Å²) in [5.41, 5.74) is 1.20. The third-order valence-electron chi connectivity index (χ3n) is 6.43. The number of rotatable bonds is 5. The fourth-order valence-electron chi connectivity index (χ4n) is 4.74. The van der Waals surface area contributed by atoms with Crippen LogP contribution in [-0.4, -0.2) is 34.9 Å². The van der Waals surface area contributed by atoms with Crippen LogP contribution >= 0.6 is 0 Å².